The molecule has 6 rings (SSSR count). The van der Waals surface area contributed by atoms with E-state index in [9.17, 15) is 23.2 Å². The maximum Gasteiger partial charge on any atom is 0.586 e. The van der Waals surface area contributed by atoms with Gasteiger partial charge in [-0.1, -0.05) is 11.3 Å². The minimum absolute atomic E-state index is 0.0151. The summed E-state index contributed by atoms with van der Waals surface area (Å²) >= 11 is 0. The Morgan fingerprint density at radius 1 is 1.12 bits per heavy atom. The Kier molecular flexibility index (Phi) is 6.49. The Bertz CT molecular complexity index is 1520. The molecule has 40 heavy (non-hydrogen) atoms. The molecule has 3 aliphatic rings. The Morgan fingerprint density at radius 3 is 2.80 bits per heavy atom. The van der Waals surface area contributed by atoms with Crippen LogP contribution >= 0.6 is 0 Å². The molecule has 4 bridgehead atoms. The number of ether oxygens (including phenoxy) is 2. The van der Waals surface area contributed by atoms with E-state index in [0.29, 0.717) is 25.3 Å². The number of aromatic nitrogens is 4. The number of likely N-dealkylation sites (tertiary alicyclic amines) is 1. The minimum Gasteiger partial charge on any atom is -0.395 e. The summed E-state index contributed by atoms with van der Waals surface area (Å²) in [6.07, 6.45) is -0.111. The Labute approximate surface area is 227 Å². The van der Waals surface area contributed by atoms with Gasteiger partial charge < -0.3 is 24.3 Å². The van der Waals surface area contributed by atoms with E-state index in [2.05, 4.69) is 30.0 Å². The van der Waals surface area contributed by atoms with Gasteiger partial charge in [0.05, 0.1) is 18.8 Å². The Morgan fingerprint density at radius 2 is 1.95 bits per heavy atom. The molecule has 1 N–H and O–H groups in total. The van der Waals surface area contributed by atoms with E-state index < -0.39 is 17.8 Å². The van der Waals surface area contributed by atoms with Gasteiger partial charge in [0.25, 0.3) is 11.5 Å². The van der Waals surface area contributed by atoms with Gasteiger partial charge in [0.15, 0.2) is 11.5 Å². The summed E-state index contributed by atoms with van der Waals surface area (Å²) in [6.45, 7) is 2.14. The quantitative estimate of drug-likeness (QED) is 0.498. The highest BCUT2D eigenvalue weighted by molar-refractivity contribution is 5.93. The van der Waals surface area contributed by atoms with Crippen LogP contribution in [0.15, 0.2) is 47.5 Å². The van der Waals surface area contributed by atoms with Gasteiger partial charge in [-0.25, -0.2) is 4.68 Å². The first-order chi connectivity index (χ1) is 19.1. The van der Waals surface area contributed by atoms with Crippen molar-refractivity contribution in [1.29, 1.82) is 0 Å². The first kappa shape index (κ1) is 25.9. The molecule has 14 heteroatoms. The van der Waals surface area contributed by atoms with E-state index in [1.807, 2.05) is 0 Å². The van der Waals surface area contributed by atoms with E-state index in [1.54, 1.807) is 36.3 Å². The molecule has 5 heterocycles. The fourth-order valence-corrected chi connectivity index (χ4v) is 5.45. The first-order valence-electron chi connectivity index (χ1n) is 12.9. The minimum atomic E-state index is -3.68. The van der Waals surface area contributed by atoms with Crippen LogP contribution in [0.5, 0.6) is 11.5 Å². The van der Waals surface area contributed by atoms with Crippen LogP contribution in [0, 0.1) is 5.92 Å². The maximum absolute atomic E-state index is 13.5. The molecule has 0 spiro atoms. The molecule has 1 fully saturated rings. The second kappa shape index (κ2) is 10.0. The molecule has 2 aromatic heterocycles. The third kappa shape index (κ3) is 5.13. The van der Waals surface area contributed by atoms with Crippen molar-refractivity contribution in [3.8, 4) is 11.5 Å². The molecule has 1 saturated heterocycles. The summed E-state index contributed by atoms with van der Waals surface area (Å²) in [6, 6.07) is 7.63. The third-order valence-corrected chi connectivity index (χ3v) is 7.40. The number of benzene rings is 1. The third-order valence-electron chi connectivity index (χ3n) is 7.40. The number of nitrogens with one attached hydrogen (secondary N) is 1. The smallest absolute Gasteiger partial charge is 0.395 e. The van der Waals surface area contributed by atoms with E-state index in [0.717, 1.165) is 5.56 Å². The summed E-state index contributed by atoms with van der Waals surface area (Å²) < 4.78 is 39.1. The number of alkyl halides is 2. The lowest BCUT2D eigenvalue weighted by molar-refractivity contribution is -0.286. The summed E-state index contributed by atoms with van der Waals surface area (Å²) in [5, 5.41) is 11.4. The lowest BCUT2D eigenvalue weighted by Crippen LogP contribution is -2.39. The van der Waals surface area contributed by atoms with Crippen molar-refractivity contribution < 1.29 is 27.8 Å². The molecule has 210 valence electrons. The largest absolute Gasteiger partial charge is 0.586 e. The van der Waals surface area contributed by atoms with Crippen LogP contribution in [0.4, 0.5) is 8.78 Å². The second-order valence-corrected chi connectivity index (χ2v) is 10.3. The second-order valence-electron chi connectivity index (χ2n) is 10.3. The van der Waals surface area contributed by atoms with Crippen molar-refractivity contribution >= 4 is 11.8 Å². The highest BCUT2D eigenvalue weighted by atomic mass is 19.3. The molecule has 1 aromatic carbocycles. The number of likely N-dealkylation sites (N-methyl/N-ethyl adjacent to an activating group) is 1. The predicted molar refractivity (Wildman–Crippen MR) is 135 cm³/mol. The van der Waals surface area contributed by atoms with Crippen LogP contribution in [0.3, 0.4) is 0 Å². The average Bonchev–Trinajstić information content (AvgIpc) is 3.60. The summed E-state index contributed by atoms with van der Waals surface area (Å²) in [4.78, 5) is 42.3. The van der Waals surface area contributed by atoms with Crippen LogP contribution in [0.2, 0.25) is 0 Å². The fourth-order valence-electron chi connectivity index (χ4n) is 5.45. The van der Waals surface area contributed by atoms with Crippen molar-refractivity contribution in [3.63, 3.8) is 0 Å². The first-order valence-corrected chi connectivity index (χ1v) is 12.9. The highest BCUT2D eigenvalue weighted by Crippen LogP contribution is 2.41. The van der Waals surface area contributed by atoms with E-state index in [1.165, 1.54) is 27.7 Å². The van der Waals surface area contributed by atoms with Gasteiger partial charge in [0, 0.05) is 58.3 Å². The Hall–Kier alpha value is -4.33. The van der Waals surface area contributed by atoms with Gasteiger partial charge in [-0.15, -0.1) is 13.9 Å². The number of amides is 2. The molecule has 0 unspecified atom stereocenters. The number of carbonyl (C=O) groups excluding carboxylic acids is 2. The monoisotopic (exact) mass is 555 g/mol. The standard InChI is InChI=1S/C26H27F2N7O5/c1-32-8-6-29-23(36)10-17-12-33(11-16-4-5-21-22(9-16)40-26(27,28)39-21)15-20(17)35-14-18(30-31-35)13-34-7-2-3-19(24(32)37)25(34)38/h2-5,7,9,14,17,20H,6,8,10-13,15H2,1H3,(H,29,36)/t17-,20+/m0/s1. The molecule has 3 aromatic rings. The van der Waals surface area contributed by atoms with Gasteiger partial charge in [-0.2, -0.15) is 0 Å². The molecule has 0 radical (unpaired) electrons. The number of hydrogen-bond acceptors (Lipinski definition) is 8. The van der Waals surface area contributed by atoms with Crippen LogP contribution in [-0.4, -0.2) is 80.7 Å². The lowest BCUT2D eigenvalue weighted by atomic mass is 9.99. The topological polar surface area (TPSA) is 124 Å². The zero-order valence-corrected chi connectivity index (χ0v) is 21.6. The van der Waals surface area contributed by atoms with Crippen molar-refractivity contribution in [3.05, 3.63) is 69.9 Å². The Balaban J connectivity index is 1.25. The molecule has 12 nitrogen and oxygen atoms in total. The van der Waals surface area contributed by atoms with Crippen molar-refractivity contribution in [2.75, 3.05) is 33.2 Å². The molecule has 2 amide bonds. The number of halogens is 2. The normalized spacial score (nSPS) is 22.7. The van der Waals surface area contributed by atoms with E-state index in [4.69, 9.17) is 0 Å². The predicted octanol–water partition coefficient (Wildman–Crippen LogP) is 1.07. The molecular formula is C26H27F2N7O5. The summed E-state index contributed by atoms with van der Waals surface area (Å²) in [7, 11) is 1.59. The maximum atomic E-state index is 13.5. The SMILES string of the molecule is CN1CCNC(=O)C[C@H]2CN(Cc3ccc4c(c3)OC(F)(F)O4)C[C@H]2n2cc(nn2)Cn2cccc(c2=O)C1=O. The number of carbonyl (C=O) groups is 2. The van der Waals surface area contributed by atoms with E-state index in [-0.39, 0.29) is 61.0 Å². The van der Waals surface area contributed by atoms with Gasteiger partial charge >= 0.3 is 6.29 Å². The van der Waals surface area contributed by atoms with Crippen LogP contribution < -0.4 is 20.3 Å². The molecular weight excluding hydrogens is 528 g/mol. The number of nitrogens with zero attached hydrogens (tertiary/aromatic N) is 6. The van der Waals surface area contributed by atoms with Gasteiger partial charge in [-0.05, 0) is 29.8 Å². The highest BCUT2D eigenvalue weighted by Gasteiger charge is 2.43. The van der Waals surface area contributed by atoms with Crippen LogP contribution in [0.25, 0.3) is 0 Å². The zero-order chi connectivity index (χ0) is 28.0. The van der Waals surface area contributed by atoms with Gasteiger partial charge in [0.2, 0.25) is 5.91 Å². The van der Waals surface area contributed by atoms with Crippen LogP contribution in [-0.2, 0) is 17.9 Å². The lowest BCUT2D eigenvalue weighted by Gasteiger charge is -2.20. The molecule has 2 atom stereocenters. The van der Waals surface area contributed by atoms with Gasteiger partial charge in [0.1, 0.15) is 11.3 Å². The van der Waals surface area contributed by atoms with Crippen molar-refractivity contribution in [2.45, 2.75) is 31.8 Å². The van der Waals surface area contributed by atoms with Crippen molar-refractivity contribution in [2.24, 2.45) is 5.92 Å². The number of rotatable bonds is 2. The zero-order valence-electron chi connectivity index (χ0n) is 21.6. The molecule has 0 aliphatic carbocycles. The number of hydrogen-bond donors (Lipinski definition) is 1. The number of fused-ring (bicyclic) bond motifs is 7. The average molecular weight is 556 g/mol. The summed E-state index contributed by atoms with van der Waals surface area (Å²) in [5.74, 6) is -0.749. The fraction of sp³-hybridized carbons (Fsp3) is 0.423. The van der Waals surface area contributed by atoms with Crippen molar-refractivity contribution in [1.82, 2.24) is 34.7 Å². The number of pyridine rings is 1. The molecule has 3 aliphatic heterocycles. The molecule has 0 saturated carbocycles. The summed E-state index contributed by atoms with van der Waals surface area (Å²) in [5.41, 5.74) is 0.894. The van der Waals surface area contributed by atoms with Crippen LogP contribution in [0.1, 0.15) is 34.1 Å². The van der Waals surface area contributed by atoms with Gasteiger partial charge in [-0.3, -0.25) is 19.3 Å². The van der Waals surface area contributed by atoms with E-state index >= 15 is 0 Å².